The number of carbonyl (C=O) groups excluding carboxylic acids is 1. The Morgan fingerprint density at radius 1 is 1.08 bits per heavy atom. The zero-order chi connectivity index (χ0) is 16.9. The van der Waals surface area contributed by atoms with Gasteiger partial charge in [-0.1, -0.05) is 12.1 Å². The zero-order valence-electron chi connectivity index (χ0n) is 14.9. The fraction of sp³-hybridized carbons (Fsp3) is 0.632. The average Bonchev–Trinajstić information content (AvgIpc) is 2.64. The van der Waals surface area contributed by atoms with Crippen LogP contribution in [0.1, 0.15) is 30.9 Å². The molecule has 2 heterocycles. The maximum Gasteiger partial charge on any atom is 0.236 e. The first kappa shape index (κ1) is 17.2. The summed E-state index contributed by atoms with van der Waals surface area (Å²) in [6, 6.07) is 8.63. The summed E-state index contributed by atoms with van der Waals surface area (Å²) >= 11 is 0. The summed E-state index contributed by atoms with van der Waals surface area (Å²) < 4.78 is 5.25. The van der Waals surface area contributed by atoms with Gasteiger partial charge in [0.05, 0.1) is 13.7 Å². The third-order valence-electron chi connectivity index (χ3n) is 5.30. The number of nitrogens with zero attached hydrogens (tertiary/aromatic N) is 3. The molecule has 1 unspecified atom stereocenters. The second kappa shape index (κ2) is 7.99. The van der Waals surface area contributed by atoms with Crippen molar-refractivity contribution >= 4 is 5.91 Å². The van der Waals surface area contributed by atoms with Crippen LogP contribution in [-0.4, -0.2) is 74.0 Å². The molecule has 0 spiro atoms. The van der Waals surface area contributed by atoms with E-state index in [2.05, 4.69) is 29.0 Å². The topological polar surface area (TPSA) is 36.0 Å². The molecule has 0 aliphatic carbocycles. The number of rotatable bonds is 4. The number of likely N-dealkylation sites (tertiary alicyclic amines) is 1. The molecule has 3 rings (SSSR count). The molecule has 2 aliphatic heterocycles. The van der Waals surface area contributed by atoms with Crippen LogP contribution in [-0.2, 0) is 4.79 Å². The normalized spacial score (nSPS) is 23.2. The van der Waals surface area contributed by atoms with Crippen molar-refractivity contribution in [1.82, 2.24) is 14.7 Å². The van der Waals surface area contributed by atoms with Gasteiger partial charge in [-0.25, -0.2) is 0 Å². The van der Waals surface area contributed by atoms with E-state index in [0.717, 1.165) is 51.3 Å². The molecule has 0 bridgehead atoms. The number of hydrogen-bond donors (Lipinski definition) is 0. The van der Waals surface area contributed by atoms with Gasteiger partial charge >= 0.3 is 0 Å². The maximum absolute atomic E-state index is 12.5. The van der Waals surface area contributed by atoms with Gasteiger partial charge in [-0.15, -0.1) is 0 Å². The highest BCUT2D eigenvalue weighted by Crippen LogP contribution is 2.25. The number of methoxy groups -OCH3 is 1. The van der Waals surface area contributed by atoms with Crippen LogP contribution < -0.4 is 4.74 Å². The van der Waals surface area contributed by atoms with Crippen LogP contribution in [0.25, 0.3) is 0 Å². The number of piperidine rings is 1. The molecular formula is C19H29N3O2. The van der Waals surface area contributed by atoms with E-state index in [4.69, 9.17) is 4.74 Å². The summed E-state index contributed by atoms with van der Waals surface area (Å²) in [6.07, 6.45) is 3.57. The Bertz CT molecular complexity index is 540. The van der Waals surface area contributed by atoms with Crippen molar-refractivity contribution in [3.63, 3.8) is 0 Å². The molecule has 24 heavy (non-hydrogen) atoms. The van der Waals surface area contributed by atoms with Crippen molar-refractivity contribution in [2.24, 2.45) is 0 Å². The van der Waals surface area contributed by atoms with Gasteiger partial charge in [0.15, 0.2) is 0 Å². The summed E-state index contributed by atoms with van der Waals surface area (Å²) in [5.74, 6) is 1.18. The molecule has 5 heteroatoms. The molecule has 2 fully saturated rings. The highest BCUT2D eigenvalue weighted by molar-refractivity contribution is 5.78. The molecule has 0 radical (unpaired) electrons. The van der Waals surface area contributed by atoms with Crippen molar-refractivity contribution in [3.8, 4) is 5.75 Å². The van der Waals surface area contributed by atoms with Crippen LogP contribution in [0, 0.1) is 0 Å². The van der Waals surface area contributed by atoms with Crippen molar-refractivity contribution in [2.45, 2.75) is 25.3 Å². The van der Waals surface area contributed by atoms with E-state index in [-0.39, 0.29) is 0 Å². The van der Waals surface area contributed by atoms with E-state index < -0.39 is 0 Å². The van der Waals surface area contributed by atoms with Crippen molar-refractivity contribution in [3.05, 3.63) is 29.8 Å². The number of piperazine rings is 1. The highest BCUT2D eigenvalue weighted by Gasteiger charge is 2.28. The van der Waals surface area contributed by atoms with Gasteiger partial charge in [0, 0.05) is 38.8 Å². The predicted molar refractivity (Wildman–Crippen MR) is 95.2 cm³/mol. The number of amides is 1. The summed E-state index contributed by atoms with van der Waals surface area (Å²) in [6.45, 7) is 5.29. The molecule has 1 amide bonds. The molecule has 0 aromatic heterocycles. The van der Waals surface area contributed by atoms with Crippen molar-refractivity contribution < 1.29 is 9.53 Å². The molecule has 2 saturated heterocycles. The molecule has 5 nitrogen and oxygen atoms in total. The first-order chi connectivity index (χ1) is 11.7. The van der Waals surface area contributed by atoms with Crippen LogP contribution in [0.2, 0.25) is 0 Å². The Morgan fingerprint density at radius 2 is 1.79 bits per heavy atom. The lowest BCUT2D eigenvalue weighted by Crippen LogP contribution is -2.50. The molecule has 1 aromatic rings. The van der Waals surface area contributed by atoms with E-state index in [1.54, 1.807) is 7.11 Å². The lowest BCUT2D eigenvalue weighted by molar-refractivity contribution is -0.134. The lowest BCUT2D eigenvalue weighted by atomic mass is 10.0. The van der Waals surface area contributed by atoms with E-state index >= 15 is 0 Å². The predicted octanol–water partition coefficient (Wildman–Crippen LogP) is 2.00. The quantitative estimate of drug-likeness (QED) is 0.845. The largest absolute Gasteiger partial charge is 0.497 e. The number of hydrogen-bond acceptors (Lipinski definition) is 4. The molecule has 2 aliphatic rings. The third-order valence-corrected chi connectivity index (χ3v) is 5.30. The van der Waals surface area contributed by atoms with E-state index in [9.17, 15) is 4.79 Å². The van der Waals surface area contributed by atoms with Crippen LogP contribution in [0.4, 0.5) is 0 Å². The standard InChI is InChI=1S/C19H29N3O2/c1-20-12-13-21(15-19(23)22-10-4-3-5-11-22)14-18(20)16-6-8-17(24-2)9-7-16/h6-9,18H,3-5,10-15H2,1-2H3. The van der Waals surface area contributed by atoms with Crippen LogP contribution in [0.15, 0.2) is 24.3 Å². The highest BCUT2D eigenvalue weighted by atomic mass is 16.5. The van der Waals surface area contributed by atoms with Gasteiger partial charge in [0.25, 0.3) is 0 Å². The molecule has 132 valence electrons. The van der Waals surface area contributed by atoms with E-state index in [1.165, 1.54) is 12.0 Å². The lowest BCUT2D eigenvalue weighted by Gasteiger charge is -2.40. The van der Waals surface area contributed by atoms with Gasteiger partial charge in [0.1, 0.15) is 5.75 Å². The van der Waals surface area contributed by atoms with Crippen LogP contribution in [0.3, 0.4) is 0 Å². The van der Waals surface area contributed by atoms with Gasteiger partial charge in [0.2, 0.25) is 5.91 Å². The molecule has 1 atom stereocenters. The number of likely N-dealkylation sites (N-methyl/N-ethyl adjacent to an activating group) is 1. The summed E-state index contributed by atoms with van der Waals surface area (Å²) in [7, 11) is 3.86. The van der Waals surface area contributed by atoms with E-state index in [1.807, 2.05) is 17.0 Å². The second-order valence-electron chi connectivity index (χ2n) is 6.95. The van der Waals surface area contributed by atoms with Gasteiger partial charge < -0.3 is 9.64 Å². The number of carbonyl (C=O) groups is 1. The van der Waals surface area contributed by atoms with Gasteiger partial charge in [-0.05, 0) is 44.0 Å². The molecule has 0 saturated carbocycles. The van der Waals surface area contributed by atoms with Crippen molar-refractivity contribution in [2.75, 3.05) is 53.4 Å². The Hall–Kier alpha value is -1.59. The number of benzene rings is 1. The Morgan fingerprint density at radius 3 is 2.46 bits per heavy atom. The van der Waals surface area contributed by atoms with Gasteiger partial charge in [-0.3, -0.25) is 14.6 Å². The monoisotopic (exact) mass is 331 g/mol. The second-order valence-corrected chi connectivity index (χ2v) is 6.95. The van der Waals surface area contributed by atoms with Crippen molar-refractivity contribution in [1.29, 1.82) is 0 Å². The first-order valence-corrected chi connectivity index (χ1v) is 9.01. The number of ether oxygens (including phenoxy) is 1. The SMILES string of the molecule is COc1ccc(C2CN(CC(=O)N3CCCCC3)CCN2C)cc1. The van der Waals surface area contributed by atoms with E-state index in [0.29, 0.717) is 18.5 Å². The minimum Gasteiger partial charge on any atom is -0.497 e. The summed E-state index contributed by atoms with van der Waals surface area (Å²) in [4.78, 5) is 19.3. The van der Waals surface area contributed by atoms with Gasteiger partial charge in [-0.2, -0.15) is 0 Å². The zero-order valence-corrected chi connectivity index (χ0v) is 14.9. The third kappa shape index (κ3) is 4.08. The fourth-order valence-electron chi connectivity index (χ4n) is 3.69. The Kier molecular flexibility index (Phi) is 5.74. The summed E-state index contributed by atoms with van der Waals surface area (Å²) in [5, 5.41) is 0. The maximum atomic E-state index is 12.5. The fourth-order valence-corrected chi connectivity index (χ4v) is 3.69. The Balaban J connectivity index is 1.60. The Labute approximate surface area is 145 Å². The molecular weight excluding hydrogens is 302 g/mol. The minimum atomic E-state index is 0.299. The van der Waals surface area contributed by atoms with Crippen LogP contribution in [0.5, 0.6) is 5.75 Å². The first-order valence-electron chi connectivity index (χ1n) is 9.01. The average molecular weight is 331 g/mol. The summed E-state index contributed by atoms with van der Waals surface area (Å²) in [5.41, 5.74) is 1.29. The van der Waals surface area contributed by atoms with Crippen LogP contribution >= 0.6 is 0 Å². The molecule has 0 N–H and O–H groups in total. The minimum absolute atomic E-state index is 0.299. The smallest absolute Gasteiger partial charge is 0.236 e. The molecule has 1 aromatic carbocycles.